The summed E-state index contributed by atoms with van der Waals surface area (Å²) in [5.41, 5.74) is 1.25. The Bertz CT molecular complexity index is 282. The van der Waals surface area contributed by atoms with Crippen LogP contribution in [0.2, 0.25) is 0 Å². The van der Waals surface area contributed by atoms with Gasteiger partial charge in [-0.05, 0) is 31.4 Å². The number of hydrogen-bond acceptors (Lipinski definition) is 3. The number of alkyl halides is 1. The Morgan fingerprint density at radius 3 is 3.20 bits per heavy atom. The molecule has 0 aromatic rings. The van der Waals surface area contributed by atoms with Crippen molar-refractivity contribution in [2.45, 2.75) is 29.9 Å². The highest BCUT2D eigenvalue weighted by Gasteiger charge is 2.17. The van der Waals surface area contributed by atoms with Gasteiger partial charge >= 0.3 is 0 Å². The van der Waals surface area contributed by atoms with E-state index >= 15 is 0 Å². The van der Waals surface area contributed by atoms with Crippen molar-refractivity contribution in [1.82, 2.24) is 5.32 Å². The minimum atomic E-state index is 0.284. The van der Waals surface area contributed by atoms with Gasteiger partial charge in [0.1, 0.15) is 6.61 Å². The molecule has 84 valence electrons. The van der Waals surface area contributed by atoms with Gasteiger partial charge in [0.15, 0.2) is 5.88 Å². The second-order valence-corrected chi connectivity index (χ2v) is 5.25. The lowest BCUT2D eigenvalue weighted by Crippen LogP contribution is -2.27. The average molecular weight is 321 g/mol. The lowest BCUT2D eigenvalue weighted by atomic mass is 10.2. The molecule has 2 aliphatic heterocycles. The molecule has 0 aliphatic carbocycles. The molecule has 0 aromatic carbocycles. The number of ether oxygens (including phenoxy) is 2. The number of halogens is 1. The first-order chi connectivity index (χ1) is 7.24. The quantitative estimate of drug-likeness (QED) is 0.492. The van der Waals surface area contributed by atoms with E-state index in [1.165, 1.54) is 5.57 Å². The summed E-state index contributed by atoms with van der Waals surface area (Å²) in [6.07, 6.45) is 6.76. The van der Waals surface area contributed by atoms with E-state index in [4.69, 9.17) is 9.47 Å². The standard InChI is InChI=1S/C11H16INO2/c1-8-5-10(12)13-11(6-8)15-7-9-3-2-4-14-9/h5-6,9-10,13H,2-4,7H2,1H3. The van der Waals surface area contributed by atoms with Gasteiger partial charge in [0.25, 0.3) is 0 Å². The maximum absolute atomic E-state index is 5.69. The molecule has 2 rings (SSSR count). The van der Waals surface area contributed by atoms with Gasteiger partial charge in [-0.3, -0.25) is 0 Å². The fourth-order valence-electron chi connectivity index (χ4n) is 1.75. The number of dihydropyridines is 1. The van der Waals surface area contributed by atoms with Gasteiger partial charge in [-0.25, -0.2) is 0 Å². The zero-order chi connectivity index (χ0) is 10.7. The van der Waals surface area contributed by atoms with Crippen LogP contribution in [-0.4, -0.2) is 23.4 Å². The smallest absolute Gasteiger partial charge is 0.188 e. The van der Waals surface area contributed by atoms with Crippen LogP contribution in [0.25, 0.3) is 0 Å². The van der Waals surface area contributed by atoms with E-state index in [0.29, 0.717) is 10.7 Å². The van der Waals surface area contributed by atoms with E-state index in [1.807, 2.05) is 6.08 Å². The van der Waals surface area contributed by atoms with Crippen molar-refractivity contribution in [3.05, 3.63) is 23.6 Å². The van der Waals surface area contributed by atoms with Crippen LogP contribution in [0.3, 0.4) is 0 Å². The van der Waals surface area contributed by atoms with Crippen LogP contribution in [0.1, 0.15) is 19.8 Å². The molecular weight excluding hydrogens is 305 g/mol. The Hall–Kier alpha value is -0.230. The highest BCUT2D eigenvalue weighted by Crippen LogP contribution is 2.17. The Morgan fingerprint density at radius 2 is 2.53 bits per heavy atom. The first-order valence-corrected chi connectivity index (χ1v) is 6.54. The van der Waals surface area contributed by atoms with E-state index in [1.54, 1.807) is 0 Å². The number of hydrogen-bond donors (Lipinski definition) is 1. The van der Waals surface area contributed by atoms with Crippen molar-refractivity contribution in [1.29, 1.82) is 0 Å². The van der Waals surface area contributed by atoms with Crippen LogP contribution in [-0.2, 0) is 9.47 Å². The monoisotopic (exact) mass is 321 g/mol. The Balaban J connectivity index is 1.81. The molecule has 2 unspecified atom stereocenters. The van der Waals surface area contributed by atoms with Gasteiger partial charge < -0.3 is 14.8 Å². The molecular formula is C11H16INO2. The molecule has 2 atom stereocenters. The third kappa shape index (κ3) is 3.38. The average Bonchev–Trinajstić information content (AvgIpc) is 2.65. The SMILES string of the molecule is CC1=CC(I)NC(OCC2CCCO2)=C1. The molecule has 0 spiro atoms. The lowest BCUT2D eigenvalue weighted by molar-refractivity contribution is 0.0382. The summed E-state index contributed by atoms with van der Waals surface area (Å²) < 4.78 is 11.5. The maximum Gasteiger partial charge on any atom is 0.188 e. The zero-order valence-corrected chi connectivity index (χ0v) is 11.0. The molecule has 0 saturated carbocycles. The van der Waals surface area contributed by atoms with Crippen molar-refractivity contribution in [2.75, 3.05) is 13.2 Å². The normalized spacial score (nSPS) is 30.5. The summed E-state index contributed by atoms with van der Waals surface area (Å²) in [6, 6.07) is 0. The first-order valence-electron chi connectivity index (χ1n) is 5.29. The zero-order valence-electron chi connectivity index (χ0n) is 8.83. The third-order valence-electron chi connectivity index (χ3n) is 2.50. The predicted molar refractivity (Wildman–Crippen MR) is 67.7 cm³/mol. The predicted octanol–water partition coefficient (Wildman–Crippen LogP) is 2.33. The number of rotatable bonds is 3. The van der Waals surface area contributed by atoms with Gasteiger partial charge in [0.05, 0.1) is 10.2 Å². The molecule has 0 bridgehead atoms. The van der Waals surface area contributed by atoms with Crippen molar-refractivity contribution in [2.24, 2.45) is 0 Å². The molecule has 2 aliphatic rings. The summed E-state index contributed by atoms with van der Waals surface area (Å²) in [5, 5.41) is 3.26. The summed E-state index contributed by atoms with van der Waals surface area (Å²) in [7, 11) is 0. The summed E-state index contributed by atoms with van der Waals surface area (Å²) in [6.45, 7) is 3.63. The van der Waals surface area contributed by atoms with E-state index < -0.39 is 0 Å². The fourth-order valence-corrected chi connectivity index (χ4v) is 2.62. The largest absolute Gasteiger partial charge is 0.476 e. The van der Waals surface area contributed by atoms with Crippen LogP contribution >= 0.6 is 22.6 Å². The van der Waals surface area contributed by atoms with Crippen LogP contribution in [0.15, 0.2) is 23.6 Å². The Morgan fingerprint density at radius 1 is 1.67 bits per heavy atom. The molecule has 1 saturated heterocycles. The minimum absolute atomic E-state index is 0.284. The minimum Gasteiger partial charge on any atom is -0.476 e. The maximum atomic E-state index is 5.69. The van der Waals surface area contributed by atoms with Gasteiger partial charge in [-0.1, -0.05) is 22.6 Å². The molecule has 1 fully saturated rings. The molecule has 15 heavy (non-hydrogen) atoms. The summed E-state index contributed by atoms with van der Waals surface area (Å²) in [4.78, 5) is 0. The molecule has 2 heterocycles. The van der Waals surface area contributed by atoms with E-state index in [2.05, 4.69) is 40.9 Å². The van der Waals surface area contributed by atoms with Crippen molar-refractivity contribution in [3.63, 3.8) is 0 Å². The van der Waals surface area contributed by atoms with Crippen LogP contribution < -0.4 is 5.32 Å². The first kappa shape index (κ1) is 11.3. The fraction of sp³-hybridized carbons (Fsp3) is 0.636. The Kier molecular flexibility index (Phi) is 3.91. The molecule has 0 amide bonds. The molecule has 0 aromatic heterocycles. The van der Waals surface area contributed by atoms with Crippen molar-refractivity contribution < 1.29 is 9.47 Å². The molecule has 0 radical (unpaired) electrons. The van der Waals surface area contributed by atoms with Crippen LogP contribution in [0, 0.1) is 0 Å². The summed E-state index contributed by atoms with van der Waals surface area (Å²) >= 11 is 2.34. The van der Waals surface area contributed by atoms with Crippen molar-refractivity contribution in [3.8, 4) is 0 Å². The molecule has 1 N–H and O–H groups in total. The lowest BCUT2D eigenvalue weighted by Gasteiger charge is -2.21. The highest BCUT2D eigenvalue weighted by atomic mass is 127. The van der Waals surface area contributed by atoms with Gasteiger partial charge in [-0.15, -0.1) is 0 Å². The van der Waals surface area contributed by atoms with Gasteiger partial charge in [0, 0.05) is 12.7 Å². The van der Waals surface area contributed by atoms with E-state index in [-0.39, 0.29) is 6.10 Å². The summed E-state index contributed by atoms with van der Waals surface area (Å²) in [5.74, 6) is 0.866. The number of nitrogens with one attached hydrogen (secondary N) is 1. The van der Waals surface area contributed by atoms with Gasteiger partial charge in [-0.2, -0.15) is 0 Å². The molecule has 4 heteroatoms. The van der Waals surface area contributed by atoms with Crippen molar-refractivity contribution >= 4 is 22.6 Å². The second kappa shape index (κ2) is 5.21. The van der Waals surface area contributed by atoms with Crippen LogP contribution in [0.4, 0.5) is 0 Å². The third-order valence-corrected chi connectivity index (χ3v) is 3.17. The topological polar surface area (TPSA) is 30.5 Å². The van der Waals surface area contributed by atoms with E-state index in [9.17, 15) is 0 Å². The Labute approximate surface area is 104 Å². The molecule has 3 nitrogen and oxygen atoms in total. The van der Waals surface area contributed by atoms with Gasteiger partial charge in [0.2, 0.25) is 0 Å². The highest BCUT2D eigenvalue weighted by molar-refractivity contribution is 14.1. The second-order valence-electron chi connectivity index (χ2n) is 3.91. The van der Waals surface area contributed by atoms with E-state index in [0.717, 1.165) is 25.3 Å². The number of allylic oxidation sites excluding steroid dienone is 2. The van der Waals surface area contributed by atoms with Crippen LogP contribution in [0.5, 0.6) is 0 Å².